The maximum Gasteiger partial charge on any atom is 0.225 e. The van der Waals surface area contributed by atoms with Crippen molar-refractivity contribution in [2.75, 3.05) is 29.6 Å². The first-order valence-electron chi connectivity index (χ1n) is 4.76. The highest BCUT2D eigenvalue weighted by atomic mass is 79.9. The van der Waals surface area contributed by atoms with Crippen LogP contribution in [0, 0.1) is 0 Å². The van der Waals surface area contributed by atoms with Crippen molar-refractivity contribution < 1.29 is 4.79 Å². The second-order valence-electron chi connectivity index (χ2n) is 3.43. The molecule has 15 heavy (non-hydrogen) atoms. The van der Waals surface area contributed by atoms with Gasteiger partial charge in [0.05, 0.1) is 0 Å². The van der Waals surface area contributed by atoms with Gasteiger partial charge in [-0.2, -0.15) is 0 Å². The van der Waals surface area contributed by atoms with E-state index in [1.165, 1.54) is 0 Å². The van der Waals surface area contributed by atoms with Gasteiger partial charge in [-0.1, -0.05) is 22.0 Å². The average Bonchev–Trinajstić information content (AvgIpc) is 2.18. The monoisotopic (exact) mass is 270 g/mol. The molecule has 0 radical (unpaired) electrons. The van der Waals surface area contributed by atoms with Crippen molar-refractivity contribution in [1.82, 2.24) is 0 Å². The molecule has 0 aliphatic carbocycles. The summed E-state index contributed by atoms with van der Waals surface area (Å²) in [5.41, 5.74) is 1.92. The number of halogens is 1. The number of hydrogen-bond acceptors (Lipinski definition) is 2. The normalized spacial score (nSPS) is 9.80. The van der Waals surface area contributed by atoms with E-state index >= 15 is 0 Å². The fraction of sp³-hybridized carbons (Fsp3) is 0.364. The predicted octanol–water partition coefficient (Wildman–Crippen LogP) is 2.48. The van der Waals surface area contributed by atoms with Gasteiger partial charge in [-0.25, -0.2) is 0 Å². The van der Waals surface area contributed by atoms with Gasteiger partial charge in [-0.15, -0.1) is 0 Å². The second-order valence-corrected chi connectivity index (χ2v) is 4.22. The van der Waals surface area contributed by atoms with Crippen LogP contribution in [0.5, 0.6) is 0 Å². The van der Waals surface area contributed by atoms with E-state index in [0.29, 0.717) is 11.8 Å². The zero-order valence-electron chi connectivity index (χ0n) is 8.96. The maximum atomic E-state index is 11.3. The minimum Gasteiger partial charge on any atom is -0.378 e. The number of rotatable bonds is 4. The Bertz CT molecular complexity index is 339. The number of anilines is 2. The molecule has 0 spiro atoms. The smallest absolute Gasteiger partial charge is 0.225 e. The molecule has 82 valence electrons. The van der Waals surface area contributed by atoms with Gasteiger partial charge in [-0.3, -0.25) is 4.79 Å². The third kappa shape index (κ3) is 3.91. The number of nitrogens with zero attached hydrogens (tertiary/aromatic N) is 1. The molecule has 0 saturated heterocycles. The van der Waals surface area contributed by atoms with Crippen molar-refractivity contribution in [1.29, 1.82) is 0 Å². The lowest BCUT2D eigenvalue weighted by molar-refractivity contribution is -0.115. The minimum atomic E-state index is 0.0304. The number of benzene rings is 1. The van der Waals surface area contributed by atoms with Gasteiger partial charge in [-0.05, 0) is 18.2 Å². The molecule has 0 heterocycles. The number of alkyl halides is 1. The SMILES string of the molecule is CN(C)c1cccc(NC(=O)CCBr)c1. The molecular formula is C11H15BrN2O. The zero-order valence-corrected chi connectivity index (χ0v) is 10.5. The third-order valence-electron chi connectivity index (χ3n) is 1.97. The largest absolute Gasteiger partial charge is 0.378 e. The second kappa shape index (κ2) is 5.75. The van der Waals surface area contributed by atoms with Gasteiger partial charge in [0.2, 0.25) is 5.91 Å². The molecule has 1 aromatic rings. The molecule has 0 fully saturated rings. The van der Waals surface area contributed by atoms with Crippen molar-refractivity contribution >= 4 is 33.2 Å². The number of carbonyl (C=O) groups excluding carboxylic acids is 1. The first-order valence-corrected chi connectivity index (χ1v) is 5.89. The van der Waals surface area contributed by atoms with Crippen LogP contribution in [0.1, 0.15) is 6.42 Å². The van der Waals surface area contributed by atoms with Gasteiger partial charge >= 0.3 is 0 Å². The summed E-state index contributed by atoms with van der Waals surface area (Å²) in [6.07, 6.45) is 0.492. The van der Waals surface area contributed by atoms with Crippen LogP contribution in [0.4, 0.5) is 11.4 Å². The Morgan fingerprint density at radius 2 is 2.20 bits per heavy atom. The number of hydrogen-bond donors (Lipinski definition) is 1. The summed E-state index contributed by atoms with van der Waals surface area (Å²) < 4.78 is 0. The molecular weight excluding hydrogens is 256 g/mol. The molecule has 0 unspecified atom stereocenters. The lowest BCUT2D eigenvalue weighted by Crippen LogP contribution is -2.13. The quantitative estimate of drug-likeness (QED) is 0.853. The van der Waals surface area contributed by atoms with E-state index in [1.54, 1.807) is 0 Å². The molecule has 1 N–H and O–H groups in total. The lowest BCUT2D eigenvalue weighted by atomic mass is 10.2. The van der Waals surface area contributed by atoms with Crippen LogP contribution in [0.15, 0.2) is 24.3 Å². The molecule has 1 rings (SSSR count). The number of carbonyl (C=O) groups is 1. The van der Waals surface area contributed by atoms with Gasteiger partial charge in [0.15, 0.2) is 0 Å². The highest BCUT2D eigenvalue weighted by Gasteiger charge is 2.02. The van der Waals surface area contributed by atoms with Crippen molar-refractivity contribution in [2.24, 2.45) is 0 Å². The van der Waals surface area contributed by atoms with Crippen molar-refractivity contribution in [3.8, 4) is 0 Å². The topological polar surface area (TPSA) is 32.3 Å². The Balaban J connectivity index is 2.69. The molecule has 0 aromatic heterocycles. The van der Waals surface area contributed by atoms with E-state index in [1.807, 2.05) is 43.3 Å². The maximum absolute atomic E-state index is 11.3. The van der Waals surface area contributed by atoms with E-state index < -0.39 is 0 Å². The summed E-state index contributed by atoms with van der Waals surface area (Å²) in [5, 5.41) is 3.53. The molecule has 0 atom stereocenters. The Labute approximate surface area is 98.6 Å². The third-order valence-corrected chi connectivity index (χ3v) is 2.36. The van der Waals surface area contributed by atoms with E-state index in [4.69, 9.17) is 0 Å². The zero-order chi connectivity index (χ0) is 11.3. The predicted molar refractivity (Wildman–Crippen MR) is 67.8 cm³/mol. The average molecular weight is 271 g/mol. The van der Waals surface area contributed by atoms with Gasteiger partial charge in [0.25, 0.3) is 0 Å². The lowest BCUT2D eigenvalue weighted by Gasteiger charge is -2.13. The van der Waals surface area contributed by atoms with Gasteiger partial charge < -0.3 is 10.2 Å². The highest BCUT2D eigenvalue weighted by Crippen LogP contribution is 2.17. The van der Waals surface area contributed by atoms with Crippen LogP contribution in [-0.4, -0.2) is 25.3 Å². The van der Waals surface area contributed by atoms with Gasteiger partial charge in [0.1, 0.15) is 0 Å². The summed E-state index contributed by atoms with van der Waals surface area (Å²) in [4.78, 5) is 13.3. The Morgan fingerprint density at radius 1 is 1.47 bits per heavy atom. The number of amides is 1. The van der Waals surface area contributed by atoms with E-state index in [2.05, 4.69) is 21.2 Å². The first kappa shape index (κ1) is 12.0. The molecule has 1 aromatic carbocycles. The summed E-state index contributed by atoms with van der Waals surface area (Å²) in [6.45, 7) is 0. The summed E-state index contributed by atoms with van der Waals surface area (Å²) in [5.74, 6) is 0.0304. The van der Waals surface area contributed by atoms with E-state index in [9.17, 15) is 4.79 Å². The van der Waals surface area contributed by atoms with Crippen LogP contribution < -0.4 is 10.2 Å². The molecule has 0 aliphatic heterocycles. The Hall–Kier alpha value is -1.03. The Kier molecular flexibility index (Phi) is 4.62. The number of nitrogens with one attached hydrogen (secondary N) is 1. The van der Waals surface area contributed by atoms with Crippen LogP contribution >= 0.6 is 15.9 Å². The van der Waals surface area contributed by atoms with Gasteiger partial charge in [0, 0.05) is 37.2 Å². The Morgan fingerprint density at radius 3 is 2.80 bits per heavy atom. The molecule has 3 nitrogen and oxygen atoms in total. The molecule has 0 aliphatic rings. The van der Waals surface area contributed by atoms with Crippen molar-refractivity contribution in [2.45, 2.75) is 6.42 Å². The highest BCUT2D eigenvalue weighted by molar-refractivity contribution is 9.09. The van der Waals surface area contributed by atoms with Crippen LogP contribution in [0.3, 0.4) is 0 Å². The molecule has 1 amide bonds. The fourth-order valence-electron chi connectivity index (χ4n) is 1.17. The molecule has 4 heteroatoms. The standard InChI is InChI=1S/C11H15BrN2O/c1-14(2)10-5-3-4-9(8-10)13-11(15)6-7-12/h3-5,8H,6-7H2,1-2H3,(H,13,15). The fourth-order valence-corrected chi connectivity index (χ4v) is 1.53. The first-order chi connectivity index (χ1) is 7.13. The minimum absolute atomic E-state index is 0.0304. The van der Waals surface area contributed by atoms with E-state index in [-0.39, 0.29) is 5.91 Å². The van der Waals surface area contributed by atoms with Crippen molar-refractivity contribution in [3.05, 3.63) is 24.3 Å². The van der Waals surface area contributed by atoms with Crippen LogP contribution in [0.2, 0.25) is 0 Å². The summed E-state index contributed by atoms with van der Waals surface area (Å²) in [7, 11) is 3.94. The van der Waals surface area contributed by atoms with Crippen molar-refractivity contribution in [3.63, 3.8) is 0 Å². The van der Waals surface area contributed by atoms with Crippen LogP contribution in [-0.2, 0) is 4.79 Å². The van der Waals surface area contributed by atoms with E-state index in [0.717, 1.165) is 11.4 Å². The van der Waals surface area contributed by atoms with Crippen LogP contribution in [0.25, 0.3) is 0 Å². The molecule has 0 bridgehead atoms. The summed E-state index contributed by atoms with van der Waals surface area (Å²) in [6, 6.07) is 7.77. The molecule has 0 saturated carbocycles. The summed E-state index contributed by atoms with van der Waals surface area (Å²) >= 11 is 3.23.